The van der Waals surface area contributed by atoms with E-state index in [0.29, 0.717) is 12.5 Å². The summed E-state index contributed by atoms with van der Waals surface area (Å²) in [5.41, 5.74) is 3.17. The fourth-order valence-electron chi connectivity index (χ4n) is 2.06. The van der Waals surface area contributed by atoms with E-state index in [1.165, 1.54) is 16.9 Å². The minimum absolute atomic E-state index is 0.0710. The molecule has 1 aliphatic rings. The zero-order valence-electron chi connectivity index (χ0n) is 12.1. The van der Waals surface area contributed by atoms with Crippen LogP contribution in [-0.2, 0) is 17.6 Å². The van der Waals surface area contributed by atoms with Crippen LogP contribution in [-0.4, -0.2) is 16.9 Å². The van der Waals surface area contributed by atoms with Crippen molar-refractivity contribution in [3.8, 4) is 0 Å². The van der Waals surface area contributed by atoms with Crippen molar-refractivity contribution >= 4 is 28.1 Å². The zero-order chi connectivity index (χ0) is 14.7. The average molecular weight is 301 g/mol. The van der Waals surface area contributed by atoms with E-state index >= 15 is 0 Å². The van der Waals surface area contributed by atoms with E-state index in [2.05, 4.69) is 46.8 Å². The normalized spacial score (nSPS) is 14.0. The molecule has 0 bridgehead atoms. The van der Waals surface area contributed by atoms with Gasteiger partial charge in [0.15, 0.2) is 5.13 Å². The van der Waals surface area contributed by atoms with Crippen LogP contribution in [0.3, 0.4) is 0 Å². The Balaban J connectivity index is 1.57. The van der Waals surface area contributed by atoms with Crippen molar-refractivity contribution in [2.45, 2.75) is 38.6 Å². The molecule has 2 N–H and O–H groups in total. The molecule has 1 aromatic carbocycles. The lowest BCUT2D eigenvalue weighted by atomic mass is 10.1. The Morgan fingerprint density at radius 3 is 2.76 bits per heavy atom. The number of benzene rings is 1. The first-order valence-corrected chi connectivity index (χ1v) is 8.20. The third kappa shape index (κ3) is 4.04. The van der Waals surface area contributed by atoms with Gasteiger partial charge in [0, 0.05) is 17.1 Å². The molecule has 1 fully saturated rings. The third-order valence-electron chi connectivity index (χ3n) is 3.45. The highest BCUT2D eigenvalue weighted by Gasteiger charge is 2.23. The Hall–Kier alpha value is -1.88. The molecule has 0 aliphatic heterocycles. The number of aromatic nitrogens is 1. The lowest BCUT2D eigenvalue weighted by Gasteiger charge is -2.03. The van der Waals surface area contributed by atoms with Crippen LogP contribution in [0.4, 0.5) is 10.8 Å². The molecule has 1 saturated carbocycles. The van der Waals surface area contributed by atoms with Crippen molar-refractivity contribution in [2.75, 3.05) is 5.32 Å². The molecule has 0 atom stereocenters. The van der Waals surface area contributed by atoms with Crippen molar-refractivity contribution in [2.24, 2.45) is 0 Å². The van der Waals surface area contributed by atoms with Crippen molar-refractivity contribution in [1.82, 2.24) is 10.3 Å². The first-order chi connectivity index (χ1) is 10.2. The molecular weight excluding hydrogens is 282 g/mol. The number of thiazole rings is 1. The van der Waals surface area contributed by atoms with Gasteiger partial charge in [-0.2, -0.15) is 0 Å². The Morgan fingerprint density at radius 1 is 1.33 bits per heavy atom. The summed E-state index contributed by atoms with van der Waals surface area (Å²) in [5.74, 6) is 0.0710. The minimum Gasteiger partial charge on any atom is -0.353 e. The van der Waals surface area contributed by atoms with Crippen LogP contribution in [0.5, 0.6) is 0 Å². The van der Waals surface area contributed by atoms with Gasteiger partial charge >= 0.3 is 0 Å². The summed E-state index contributed by atoms with van der Waals surface area (Å²) in [7, 11) is 0. The third-order valence-corrected chi connectivity index (χ3v) is 4.26. The summed E-state index contributed by atoms with van der Waals surface area (Å²) in [6, 6.07) is 8.74. The topological polar surface area (TPSA) is 54.0 Å². The molecule has 0 spiro atoms. The predicted molar refractivity (Wildman–Crippen MR) is 86.1 cm³/mol. The van der Waals surface area contributed by atoms with Gasteiger partial charge in [0.1, 0.15) is 0 Å². The van der Waals surface area contributed by atoms with Crippen LogP contribution >= 0.6 is 11.3 Å². The van der Waals surface area contributed by atoms with E-state index in [1.54, 1.807) is 0 Å². The van der Waals surface area contributed by atoms with Crippen LogP contribution in [0, 0.1) is 0 Å². The largest absolute Gasteiger partial charge is 0.353 e. The van der Waals surface area contributed by atoms with Crippen LogP contribution < -0.4 is 10.6 Å². The van der Waals surface area contributed by atoms with Crippen LogP contribution in [0.15, 0.2) is 29.6 Å². The van der Waals surface area contributed by atoms with Crippen molar-refractivity contribution in [3.63, 3.8) is 0 Å². The highest BCUT2D eigenvalue weighted by Crippen LogP contribution is 2.22. The summed E-state index contributed by atoms with van der Waals surface area (Å²) in [4.78, 5) is 16.2. The monoisotopic (exact) mass is 301 g/mol. The van der Waals surface area contributed by atoms with Gasteiger partial charge in [0.05, 0.1) is 12.1 Å². The Labute approximate surface area is 128 Å². The second-order valence-electron chi connectivity index (χ2n) is 5.34. The zero-order valence-corrected chi connectivity index (χ0v) is 12.9. The number of hydrogen-bond donors (Lipinski definition) is 2. The maximum Gasteiger partial charge on any atom is 0.226 e. The van der Waals surface area contributed by atoms with Crippen LogP contribution in [0.1, 0.15) is 31.0 Å². The van der Waals surface area contributed by atoms with Crippen molar-refractivity contribution < 1.29 is 4.79 Å². The van der Waals surface area contributed by atoms with E-state index < -0.39 is 0 Å². The molecule has 5 heteroatoms. The lowest BCUT2D eigenvalue weighted by molar-refractivity contribution is -0.120. The SMILES string of the molecule is CCc1ccc(Nc2nc(CC(=O)NC3CC3)cs2)cc1. The summed E-state index contributed by atoms with van der Waals surface area (Å²) < 4.78 is 0. The smallest absolute Gasteiger partial charge is 0.226 e. The van der Waals surface area contributed by atoms with Gasteiger partial charge < -0.3 is 10.6 Å². The molecule has 2 aromatic rings. The number of rotatable bonds is 6. The molecule has 0 radical (unpaired) electrons. The van der Waals surface area contributed by atoms with E-state index in [-0.39, 0.29) is 5.91 Å². The molecule has 3 rings (SSSR count). The Kier molecular flexibility index (Phi) is 4.20. The molecule has 21 heavy (non-hydrogen) atoms. The number of carbonyl (C=O) groups is 1. The van der Waals surface area contributed by atoms with Gasteiger partial charge in [-0.1, -0.05) is 19.1 Å². The van der Waals surface area contributed by atoms with E-state index in [9.17, 15) is 4.79 Å². The van der Waals surface area contributed by atoms with Crippen LogP contribution in [0.2, 0.25) is 0 Å². The number of aryl methyl sites for hydroxylation is 1. The fraction of sp³-hybridized carbons (Fsp3) is 0.375. The molecule has 1 aliphatic carbocycles. The maximum atomic E-state index is 11.7. The molecule has 110 valence electrons. The summed E-state index contributed by atoms with van der Waals surface area (Å²) in [6.45, 7) is 2.14. The molecule has 0 saturated heterocycles. The molecule has 0 unspecified atom stereocenters. The summed E-state index contributed by atoms with van der Waals surface area (Å²) in [5, 5.41) is 9.02. The number of anilines is 2. The number of amides is 1. The van der Waals surface area contributed by atoms with Crippen LogP contribution in [0.25, 0.3) is 0 Å². The molecular formula is C16H19N3OS. The Bertz CT molecular complexity index is 617. The average Bonchev–Trinajstić information content (AvgIpc) is 3.19. The quantitative estimate of drug-likeness (QED) is 0.861. The highest BCUT2D eigenvalue weighted by atomic mass is 32.1. The molecule has 1 amide bonds. The molecule has 1 aromatic heterocycles. The number of nitrogens with one attached hydrogen (secondary N) is 2. The van der Waals surface area contributed by atoms with Crippen molar-refractivity contribution in [1.29, 1.82) is 0 Å². The fourth-order valence-corrected chi connectivity index (χ4v) is 2.79. The number of nitrogens with zero attached hydrogens (tertiary/aromatic N) is 1. The molecule has 1 heterocycles. The maximum absolute atomic E-state index is 11.7. The predicted octanol–water partition coefficient (Wildman–Crippen LogP) is 3.27. The second kappa shape index (κ2) is 6.26. The standard InChI is InChI=1S/C16H19N3OS/c1-2-11-3-5-13(6-4-11)18-16-19-14(10-21-16)9-15(20)17-12-7-8-12/h3-6,10,12H,2,7-9H2,1H3,(H,17,20)(H,18,19). The van der Waals surface area contributed by atoms with Gasteiger partial charge in [0.25, 0.3) is 0 Å². The van der Waals surface area contributed by atoms with Gasteiger partial charge in [-0.25, -0.2) is 4.98 Å². The van der Waals surface area contributed by atoms with Gasteiger partial charge in [-0.05, 0) is 37.0 Å². The van der Waals surface area contributed by atoms with E-state index in [4.69, 9.17) is 0 Å². The lowest BCUT2D eigenvalue weighted by Crippen LogP contribution is -2.27. The van der Waals surface area contributed by atoms with Gasteiger partial charge in [0.2, 0.25) is 5.91 Å². The first kappa shape index (κ1) is 14.1. The summed E-state index contributed by atoms with van der Waals surface area (Å²) in [6.07, 6.45) is 3.63. The highest BCUT2D eigenvalue weighted by molar-refractivity contribution is 7.13. The van der Waals surface area contributed by atoms with Gasteiger partial charge in [-0.15, -0.1) is 11.3 Å². The summed E-state index contributed by atoms with van der Waals surface area (Å²) >= 11 is 1.53. The first-order valence-electron chi connectivity index (χ1n) is 7.32. The van der Waals surface area contributed by atoms with E-state index in [1.807, 2.05) is 5.38 Å². The minimum atomic E-state index is 0.0710. The Morgan fingerprint density at radius 2 is 2.10 bits per heavy atom. The number of carbonyl (C=O) groups excluding carboxylic acids is 1. The molecule has 4 nitrogen and oxygen atoms in total. The van der Waals surface area contributed by atoms with E-state index in [0.717, 1.165) is 35.8 Å². The second-order valence-corrected chi connectivity index (χ2v) is 6.20. The van der Waals surface area contributed by atoms with Crippen molar-refractivity contribution in [3.05, 3.63) is 40.9 Å². The number of hydrogen-bond acceptors (Lipinski definition) is 4. The van der Waals surface area contributed by atoms with Gasteiger partial charge in [-0.3, -0.25) is 4.79 Å².